The Kier molecular flexibility index (Phi) is 8.29. The number of rotatable bonds is 8. The summed E-state index contributed by atoms with van der Waals surface area (Å²) in [5, 5.41) is 1.74. The van der Waals surface area contributed by atoms with E-state index in [9.17, 15) is 9.59 Å². The molecule has 0 aliphatic carbocycles. The predicted molar refractivity (Wildman–Crippen MR) is 177 cm³/mol. The minimum Gasteiger partial charge on any atom is -0.496 e. The number of halogens is 1. The number of nitrogens with zero attached hydrogens (tertiary/aromatic N) is 4. The number of ether oxygens (including phenoxy) is 1. The Hall–Kier alpha value is -4.40. The van der Waals surface area contributed by atoms with E-state index < -0.39 is 6.04 Å². The number of fused-ring (bicyclic) bond motifs is 2. The Bertz CT molecular complexity index is 2080. The fourth-order valence-electron chi connectivity index (χ4n) is 5.91. The van der Waals surface area contributed by atoms with Crippen molar-refractivity contribution in [2.45, 2.75) is 33.4 Å². The number of allylic oxidation sites excluding steroid dienone is 1. The van der Waals surface area contributed by atoms with Crippen LogP contribution in [-0.2, 0) is 11.3 Å². The standard InChI is InChI=1S/C35H33ClN4O3S/c1-5-38(6-2)34(42)31-22(3)37-35-40(32(31)27-12-8-10-14-29(27)43-4)33(41)30(44-35)19-24-21-39(28-13-9-7-11-26(24)28)20-23-15-17-25(36)18-16-23/h7-19,21,32H,5-6,20H2,1-4H3/b30-19+/t32-/m0/s1. The molecular weight excluding hydrogens is 592 g/mol. The lowest BCUT2D eigenvalue weighted by Crippen LogP contribution is -2.43. The van der Waals surface area contributed by atoms with E-state index in [1.54, 1.807) is 16.6 Å². The lowest BCUT2D eigenvalue weighted by molar-refractivity contribution is -0.127. The van der Waals surface area contributed by atoms with Crippen LogP contribution >= 0.6 is 22.9 Å². The Morgan fingerprint density at radius 3 is 2.48 bits per heavy atom. The summed E-state index contributed by atoms with van der Waals surface area (Å²) in [6.45, 7) is 7.52. The molecule has 1 atom stereocenters. The van der Waals surface area contributed by atoms with Crippen LogP contribution in [0.5, 0.6) is 5.75 Å². The topological polar surface area (TPSA) is 68.8 Å². The summed E-state index contributed by atoms with van der Waals surface area (Å²) in [5.74, 6) is 0.476. The Labute approximate surface area is 264 Å². The van der Waals surface area contributed by atoms with Crippen LogP contribution in [0.15, 0.2) is 100 Å². The van der Waals surface area contributed by atoms with Crippen molar-refractivity contribution in [1.29, 1.82) is 0 Å². The lowest BCUT2D eigenvalue weighted by Gasteiger charge is -2.29. The van der Waals surface area contributed by atoms with Crippen LogP contribution in [-0.4, -0.2) is 40.1 Å². The van der Waals surface area contributed by atoms with Gasteiger partial charge in [-0.3, -0.25) is 14.2 Å². The summed E-state index contributed by atoms with van der Waals surface area (Å²) in [6, 6.07) is 22.9. The van der Waals surface area contributed by atoms with Crippen LogP contribution in [0.3, 0.4) is 0 Å². The van der Waals surface area contributed by atoms with E-state index in [0.29, 0.717) is 51.0 Å². The van der Waals surface area contributed by atoms with Gasteiger partial charge in [-0.05, 0) is 56.7 Å². The third-order valence-corrected chi connectivity index (χ3v) is 9.34. The first-order valence-corrected chi connectivity index (χ1v) is 15.8. The number of aromatic nitrogens is 2. The van der Waals surface area contributed by atoms with Crippen LogP contribution in [0, 0.1) is 0 Å². The van der Waals surface area contributed by atoms with Gasteiger partial charge >= 0.3 is 0 Å². The quantitative estimate of drug-likeness (QED) is 0.220. The molecular formula is C35H33ClN4O3S. The second kappa shape index (κ2) is 12.3. The molecule has 44 heavy (non-hydrogen) atoms. The van der Waals surface area contributed by atoms with Crippen LogP contribution in [0.4, 0.5) is 0 Å². The van der Waals surface area contributed by atoms with Gasteiger partial charge in [0.05, 0.1) is 22.9 Å². The smallest absolute Gasteiger partial charge is 0.271 e. The van der Waals surface area contributed by atoms with Crippen molar-refractivity contribution >= 4 is 45.8 Å². The summed E-state index contributed by atoms with van der Waals surface area (Å²) >= 11 is 7.45. The molecule has 1 amide bonds. The van der Waals surface area contributed by atoms with Crippen LogP contribution in [0.2, 0.25) is 5.02 Å². The average Bonchev–Trinajstić information content (AvgIpc) is 3.54. The second-order valence-corrected chi connectivity index (χ2v) is 12.1. The highest BCUT2D eigenvalue weighted by Crippen LogP contribution is 2.36. The number of carbonyl (C=O) groups excluding carboxylic acids is 1. The summed E-state index contributed by atoms with van der Waals surface area (Å²) in [4.78, 5) is 35.4. The highest BCUT2D eigenvalue weighted by molar-refractivity contribution is 7.07. The molecule has 0 saturated heterocycles. The largest absolute Gasteiger partial charge is 0.496 e. The molecule has 1 aliphatic rings. The summed E-state index contributed by atoms with van der Waals surface area (Å²) in [7, 11) is 1.60. The van der Waals surface area contributed by atoms with E-state index >= 15 is 0 Å². The number of carbonyl (C=O) groups is 1. The predicted octanol–water partition coefficient (Wildman–Crippen LogP) is 5.77. The van der Waals surface area contributed by atoms with Gasteiger partial charge in [0.1, 0.15) is 11.8 Å². The molecule has 3 heterocycles. The Morgan fingerprint density at radius 1 is 1.05 bits per heavy atom. The summed E-state index contributed by atoms with van der Waals surface area (Å²) in [6.07, 6.45) is 4.02. The number of benzene rings is 3. The number of hydrogen-bond donors (Lipinski definition) is 0. The van der Waals surface area contributed by atoms with E-state index in [-0.39, 0.29) is 11.5 Å². The fourth-order valence-corrected chi connectivity index (χ4v) is 7.08. The van der Waals surface area contributed by atoms with Crippen LogP contribution < -0.4 is 19.6 Å². The second-order valence-electron chi connectivity index (χ2n) is 10.7. The molecule has 2 aromatic heterocycles. The van der Waals surface area contributed by atoms with E-state index in [2.05, 4.69) is 22.9 Å². The van der Waals surface area contributed by atoms with Crippen molar-refractivity contribution in [2.75, 3.05) is 20.2 Å². The number of thiazole rings is 1. The zero-order valence-electron chi connectivity index (χ0n) is 25.1. The fraction of sp³-hybridized carbons (Fsp3) is 0.229. The zero-order valence-corrected chi connectivity index (χ0v) is 26.7. The third kappa shape index (κ3) is 5.29. The highest BCUT2D eigenvalue weighted by Gasteiger charge is 2.35. The van der Waals surface area contributed by atoms with Crippen molar-refractivity contribution in [1.82, 2.24) is 14.0 Å². The molecule has 5 aromatic rings. The van der Waals surface area contributed by atoms with Gasteiger partial charge in [-0.1, -0.05) is 71.5 Å². The lowest BCUT2D eigenvalue weighted by atomic mass is 9.94. The van der Waals surface area contributed by atoms with Gasteiger partial charge in [-0.2, -0.15) is 0 Å². The number of para-hydroxylation sites is 2. The van der Waals surface area contributed by atoms with Crippen LogP contribution in [0.25, 0.3) is 17.0 Å². The number of methoxy groups -OCH3 is 1. The molecule has 0 fully saturated rings. The van der Waals surface area contributed by atoms with Crippen molar-refractivity contribution in [3.05, 3.63) is 132 Å². The first-order chi connectivity index (χ1) is 21.3. The molecule has 1 aliphatic heterocycles. The maximum atomic E-state index is 14.3. The van der Waals surface area contributed by atoms with E-state index in [0.717, 1.165) is 27.6 Å². The zero-order chi connectivity index (χ0) is 31.0. The average molecular weight is 625 g/mol. The van der Waals surface area contributed by atoms with Crippen molar-refractivity contribution < 1.29 is 9.53 Å². The molecule has 3 aromatic carbocycles. The normalized spacial score (nSPS) is 14.9. The van der Waals surface area contributed by atoms with E-state index in [4.69, 9.17) is 21.3 Å². The molecule has 9 heteroatoms. The van der Waals surface area contributed by atoms with Crippen molar-refractivity contribution in [2.24, 2.45) is 4.99 Å². The van der Waals surface area contributed by atoms with Crippen molar-refractivity contribution in [3.8, 4) is 5.75 Å². The van der Waals surface area contributed by atoms with E-state index in [1.807, 2.05) is 87.5 Å². The SMILES string of the molecule is CCN(CC)C(=O)C1=C(C)N=c2s/c(=C/c3cn(Cc4ccc(Cl)cc4)c4ccccc34)c(=O)n2[C@H]1c1ccccc1OC. The number of likely N-dealkylation sites (N-methyl/N-ethyl adjacent to an activating group) is 1. The molecule has 7 nitrogen and oxygen atoms in total. The molecule has 0 spiro atoms. The summed E-state index contributed by atoms with van der Waals surface area (Å²) in [5.41, 5.74) is 4.75. The Morgan fingerprint density at radius 2 is 1.75 bits per heavy atom. The third-order valence-electron chi connectivity index (χ3n) is 8.11. The monoisotopic (exact) mass is 624 g/mol. The van der Waals surface area contributed by atoms with Gasteiger partial charge in [0.15, 0.2) is 4.80 Å². The molecule has 0 saturated carbocycles. The van der Waals surface area contributed by atoms with E-state index in [1.165, 1.54) is 11.3 Å². The van der Waals surface area contributed by atoms with Gasteiger partial charge in [0, 0.05) is 52.9 Å². The Balaban J connectivity index is 1.53. The maximum absolute atomic E-state index is 14.3. The van der Waals surface area contributed by atoms with Gasteiger partial charge in [0.25, 0.3) is 11.5 Å². The van der Waals surface area contributed by atoms with Gasteiger partial charge in [0.2, 0.25) is 0 Å². The molecule has 0 bridgehead atoms. The molecule has 224 valence electrons. The highest BCUT2D eigenvalue weighted by atomic mass is 35.5. The molecule has 6 rings (SSSR count). The molecule has 0 unspecified atom stereocenters. The minimum atomic E-state index is -0.677. The molecule has 0 N–H and O–H groups in total. The summed E-state index contributed by atoms with van der Waals surface area (Å²) < 4.78 is 10.1. The van der Waals surface area contributed by atoms with Gasteiger partial charge in [-0.15, -0.1) is 0 Å². The number of hydrogen-bond acceptors (Lipinski definition) is 5. The first-order valence-electron chi connectivity index (χ1n) is 14.6. The van der Waals surface area contributed by atoms with Crippen molar-refractivity contribution in [3.63, 3.8) is 0 Å². The molecule has 0 radical (unpaired) electrons. The van der Waals surface area contributed by atoms with Gasteiger partial charge < -0.3 is 14.2 Å². The van der Waals surface area contributed by atoms with Gasteiger partial charge in [-0.25, -0.2) is 4.99 Å². The van der Waals surface area contributed by atoms with Crippen LogP contribution in [0.1, 0.15) is 43.5 Å². The first kappa shape index (κ1) is 29.7. The minimum absolute atomic E-state index is 0.133. The number of amides is 1. The maximum Gasteiger partial charge on any atom is 0.271 e.